The van der Waals surface area contributed by atoms with Crippen molar-refractivity contribution in [1.82, 2.24) is 19.5 Å². The summed E-state index contributed by atoms with van der Waals surface area (Å²) in [5, 5.41) is 29.6. The van der Waals surface area contributed by atoms with Crippen LogP contribution in [0.3, 0.4) is 0 Å². The number of hydrogen-bond acceptors (Lipinski definition) is 7. The Morgan fingerprint density at radius 2 is 1.82 bits per heavy atom. The number of ether oxygens (including phenoxy) is 1. The maximum absolute atomic E-state index is 10.3. The summed E-state index contributed by atoms with van der Waals surface area (Å²) < 4.78 is 7.17. The fourth-order valence-electron chi connectivity index (χ4n) is 3.63. The first kappa shape index (κ1) is 18.9. The van der Waals surface area contributed by atoms with Crippen molar-refractivity contribution in [3.8, 4) is 11.3 Å². The highest BCUT2D eigenvalue weighted by Gasteiger charge is 2.44. The highest BCUT2D eigenvalue weighted by atomic mass is 16.6. The molecule has 1 aliphatic rings. The van der Waals surface area contributed by atoms with E-state index in [1.54, 1.807) is 4.57 Å². The Bertz CT molecular complexity index is 956. The van der Waals surface area contributed by atoms with Crippen LogP contribution in [0.1, 0.15) is 25.6 Å². The molecule has 4 rings (SSSR count). The van der Waals surface area contributed by atoms with Crippen LogP contribution in [0.15, 0.2) is 36.9 Å². The molecule has 28 heavy (non-hydrogen) atoms. The van der Waals surface area contributed by atoms with Crippen molar-refractivity contribution < 1.29 is 20.1 Å². The lowest BCUT2D eigenvalue weighted by atomic mass is 10.0. The smallest absolute Gasteiger partial charge is 0.166 e. The predicted molar refractivity (Wildman–Crippen MR) is 102 cm³/mol. The Kier molecular flexibility index (Phi) is 5.11. The van der Waals surface area contributed by atoms with Gasteiger partial charge in [-0.2, -0.15) is 0 Å². The summed E-state index contributed by atoms with van der Waals surface area (Å²) in [6, 6.07) is 8.22. The first-order chi connectivity index (χ1) is 13.5. The maximum Gasteiger partial charge on any atom is 0.166 e. The third-order valence-corrected chi connectivity index (χ3v) is 5.02. The van der Waals surface area contributed by atoms with Gasteiger partial charge in [-0.1, -0.05) is 38.1 Å². The molecule has 0 spiro atoms. The van der Waals surface area contributed by atoms with Gasteiger partial charge in [0.2, 0.25) is 0 Å². The Balaban J connectivity index is 1.70. The number of hydrogen-bond donors (Lipinski definition) is 3. The second kappa shape index (κ2) is 7.56. The summed E-state index contributed by atoms with van der Waals surface area (Å²) >= 11 is 0. The minimum atomic E-state index is -1.19. The summed E-state index contributed by atoms with van der Waals surface area (Å²) in [6.07, 6.45) is -0.138. The van der Waals surface area contributed by atoms with E-state index in [0.29, 0.717) is 22.8 Å². The van der Waals surface area contributed by atoms with Crippen molar-refractivity contribution in [2.45, 2.75) is 44.8 Å². The quantitative estimate of drug-likeness (QED) is 0.608. The van der Waals surface area contributed by atoms with Crippen LogP contribution < -0.4 is 0 Å². The molecule has 1 unspecified atom stereocenters. The minimum Gasteiger partial charge on any atom is -0.394 e. The van der Waals surface area contributed by atoms with Gasteiger partial charge in [-0.15, -0.1) is 0 Å². The Morgan fingerprint density at radius 3 is 2.46 bits per heavy atom. The van der Waals surface area contributed by atoms with E-state index in [2.05, 4.69) is 40.9 Å². The molecular formula is C20H24N4O4. The highest BCUT2D eigenvalue weighted by Crippen LogP contribution is 2.33. The lowest BCUT2D eigenvalue weighted by Gasteiger charge is -2.16. The average molecular weight is 384 g/mol. The van der Waals surface area contributed by atoms with Gasteiger partial charge in [-0.25, -0.2) is 15.0 Å². The van der Waals surface area contributed by atoms with Gasteiger partial charge >= 0.3 is 0 Å². The summed E-state index contributed by atoms with van der Waals surface area (Å²) in [6.45, 7) is 3.99. The first-order valence-corrected chi connectivity index (χ1v) is 9.39. The Labute approximate surface area is 162 Å². The summed E-state index contributed by atoms with van der Waals surface area (Å²) in [7, 11) is 0. The topological polar surface area (TPSA) is 114 Å². The lowest BCUT2D eigenvalue weighted by molar-refractivity contribution is -0.0511. The van der Waals surface area contributed by atoms with Gasteiger partial charge in [-0.05, 0) is 17.9 Å². The number of aliphatic hydroxyl groups is 3. The third-order valence-electron chi connectivity index (χ3n) is 5.02. The molecular weight excluding hydrogens is 360 g/mol. The van der Waals surface area contributed by atoms with Crippen molar-refractivity contribution in [3.63, 3.8) is 0 Å². The minimum absolute atomic E-state index is 0.385. The van der Waals surface area contributed by atoms with Crippen LogP contribution in [0.4, 0.5) is 0 Å². The molecule has 1 aliphatic heterocycles. The average Bonchev–Trinajstić information content (AvgIpc) is 3.23. The molecule has 0 saturated carbocycles. The zero-order valence-corrected chi connectivity index (χ0v) is 15.8. The van der Waals surface area contributed by atoms with E-state index in [1.807, 2.05) is 12.1 Å². The monoisotopic (exact) mass is 384 g/mol. The summed E-state index contributed by atoms with van der Waals surface area (Å²) in [5.41, 5.74) is 3.95. The van der Waals surface area contributed by atoms with Crippen molar-refractivity contribution >= 4 is 11.2 Å². The van der Waals surface area contributed by atoms with Gasteiger partial charge in [0.25, 0.3) is 0 Å². The maximum atomic E-state index is 10.3. The third kappa shape index (κ3) is 3.29. The largest absolute Gasteiger partial charge is 0.394 e. The molecule has 0 aliphatic carbocycles. The number of aliphatic hydroxyl groups excluding tert-OH is 3. The number of fused-ring (bicyclic) bond motifs is 1. The molecule has 0 amide bonds. The fourth-order valence-corrected chi connectivity index (χ4v) is 3.63. The van der Waals surface area contributed by atoms with Crippen LogP contribution in [0, 0.1) is 5.92 Å². The number of imidazole rings is 1. The molecule has 2 aromatic heterocycles. The van der Waals surface area contributed by atoms with Gasteiger partial charge < -0.3 is 20.1 Å². The normalized spacial score (nSPS) is 25.1. The lowest BCUT2D eigenvalue weighted by Crippen LogP contribution is -2.33. The van der Waals surface area contributed by atoms with Crippen LogP contribution in [0.5, 0.6) is 0 Å². The second-order valence-corrected chi connectivity index (χ2v) is 7.57. The van der Waals surface area contributed by atoms with E-state index in [-0.39, 0.29) is 6.61 Å². The van der Waals surface area contributed by atoms with Crippen molar-refractivity contribution in [1.29, 1.82) is 0 Å². The van der Waals surface area contributed by atoms with Crippen LogP contribution >= 0.6 is 0 Å². The van der Waals surface area contributed by atoms with Crippen LogP contribution in [-0.2, 0) is 11.2 Å². The molecule has 148 valence electrons. The highest BCUT2D eigenvalue weighted by molar-refractivity contribution is 5.87. The number of aromatic nitrogens is 4. The predicted octanol–water partition coefficient (Wildman–Crippen LogP) is 1.30. The van der Waals surface area contributed by atoms with E-state index >= 15 is 0 Å². The van der Waals surface area contributed by atoms with Gasteiger partial charge in [0.15, 0.2) is 11.9 Å². The van der Waals surface area contributed by atoms with Crippen molar-refractivity contribution in [3.05, 3.63) is 42.5 Å². The van der Waals surface area contributed by atoms with Crippen molar-refractivity contribution in [2.75, 3.05) is 6.61 Å². The van der Waals surface area contributed by atoms with Gasteiger partial charge in [0.1, 0.15) is 35.8 Å². The zero-order valence-electron chi connectivity index (χ0n) is 15.8. The molecule has 1 saturated heterocycles. The summed E-state index contributed by atoms with van der Waals surface area (Å²) in [4.78, 5) is 13.1. The molecule has 3 heterocycles. The van der Waals surface area contributed by atoms with Gasteiger partial charge in [-0.3, -0.25) is 4.57 Å². The van der Waals surface area contributed by atoms with Crippen LogP contribution in [0.25, 0.3) is 22.4 Å². The number of nitrogens with zero attached hydrogens (tertiary/aromatic N) is 4. The molecule has 8 nitrogen and oxygen atoms in total. The first-order valence-electron chi connectivity index (χ1n) is 9.39. The fraction of sp³-hybridized carbons (Fsp3) is 0.450. The molecule has 0 radical (unpaired) electrons. The molecule has 0 bridgehead atoms. The van der Waals surface area contributed by atoms with E-state index in [1.165, 1.54) is 18.2 Å². The SMILES string of the molecule is CC(C)Cc1ccc(-c2ncnc3c2ncn3C2O[C@H](CO)[C@@H](O)[C@H]2O)cc1. The molecule has 4 atom stereocenters. The van der Waals surface area contributed by atoms with Crippen molar-refractivity contribution in [2.24, 2.45) is 5.92 Å². The number of benzene rings is 1. The van der Waals surface area contributed by atoms with E-state index < -0.39 is 24.5 Å². The van der Waals surface area contributed by atoms with Crippen LogP contribution in [-0.4, -0.2) is 59.8 Å². The van der Waals surface area contributed by atoms with E-state index in [0.717, 1.165) is 12.0 Å². The second-order valence-electron chi connectivity index (χ2n) is 7.57. The van der Waals surface area contributed by atoms with Gasteiger partial charge in [0, 0.05) is 5.56 Å². The summed E-state index contributed by atoms with van der Waals surface area (Å²) in [5.74, 6) is 0.586. The van der Waals surface area contributed by atoms with E-state index in [9.17, 15) is 15.3 Å². The molecule has 1 aromatic carbocycles. The standard InChI is InChI=1S/C20H24N4O4/c1-11(2)7-12-3-5-13(6-4-12)15-16-19(22-9-21-15)24(10-23-16)20-18(27)17(26)14(8-25)28-20/h3-6,9-11,14,17-18,20,25-27H,7-8H2,1-2H3/t14-,17-,18-,20?/m1/s1. The molecule has 8 heteroatoms. The Hall–Kier alpha value is -2.39. The molecule has 1 fully saturated rings. The van der Waals surface area contributed by atoms with Gasteiger partial charge in [0.05, 0.1) is 12.9 Å². The Morgan fingerprint density at radius 1 is 1.07 bits per heavy atom. The molecule has 3 N–H and O–H groups in total. The van der Waals surface area contributed by atoms with Crippen LogP contribution in [0.2, 0.25) is 0 Å². The number of rotatable bonds is 5. The van der Waals surface area contributed by atoms with E-state index in [4.69, 9.17) is 4.74 Å². The molecule has 3 aromatic rings. The zero-order chi connectivity index (χ0) is 19.8.